The van der Waals surface area contributed by atoms with E-state index in [1.807, 2.05) is 0 Å². The molecule has 0 saturated heterocycles. The first kappa shape index (κ1) is 5.39. The van der Waals surface area contributed by atoms with Crippen LogP contribution in [0.5, 0.6) is 0 Å². The molecule has 0 fully saturated rings. The minimum atomic E-state index is 0.167. The summed E-state index contributed by atoms with van der Waals surface area (Å²) in [5.41, 5.74) is 7.87. The van der Waals surface area contributed by atoms with Crippen LogP contribution in [0.25, 0.3) is 10.4 Å². The molecule has 7 heteroatoms. The van der Waals surface area contributed by atoms with Crippen molar-refractivity contribution in [1.29, 1.82) is 0 Å². The van der Waals surface area contributed by atoms with Gasteiger partial charge in [-0.2, -0.15) is 4.79 Å². The molecule has 7 nitrogen and oxygen atoms in total. The molecule has 0 atom stereocenters. The van der Waals surface area contributed by atoms with Gasteiger partial charge in [-0.15, -0.1) is 5.10 Å². The van der Waals surface area contributed by atoms with Gasteiger partial charge < -0.3 is 5.84 Å². The van der Waals surface area contributed by atoms with Crippen molar-refractivity contribution in [1.82, 2.24) is 15.1 Å². The molecule has 1 aromatic rings. The van der Waals surface area contributed by atoms with Gasteiger partial charge in [0, 0.05) is 4.91 Å². The van der Waals surface area contributed by atoms with E-state index in [0.29, 0.717) is 0 Å². The summed E-state index contributed by atoms with van der Waals surface area (Å²) in [7, 11) is 0. The van der Waals surface area contributed by atoms with Gasteiger partial charge in [0.1, 0.15) is 0 Å². The van der Waals surface area contributed by atoms with Gasteiger partial charge in [0.25, 0.3) is 0 Å². The van der Waals surface area contributed by atoms with E-state index in [2.05, 4.69) is 20.3 Å². The number of aromatic nitrogens is 3. The first-order chi connectivity index (χ1) is 4.33. The number of nitrogens with zero attached hydrogens (tertiary/aromatic N) is 6. The van der Waals surface area contributed by atoms with E-state index in [9.17, 15) is 0 Å². The quantitative estimate of drug-likeness (QED) is 0.246. The number of nitrogens with two attached hydrogens (primary N) is 1. The van der Waals surface area contributed by atoms with Gasteiger partial charge >= 0.3 is 0 Å². The second-order valence-electron chi connectivity index (χ2n) is 1.25. The number of rotatable bonds is 1. The Morgan fingerprint density at radius 1 is 1.89 bits per heavy atom. The average molecular weight is 125 g/mol. The van der Waals surface area contributed by atoms with Crippen LogP contribution in [0.1, 0.15) is 0 Å². The van der Waals surface area contributed by atoms with Gasteiger partial charge in [-0.25, -0.2) is 0 Å². The highest BCUT2D eigenvalue weighted by atomic mass is 15.6. The average Bonchev–Trinajstić information content (AvgIpc) is 2.17. The fourth-order valence-electron chi connectivity index (χ4n) is 0.359. The molecule has 1 aromatic heterocycles. The predicted molar refractivity (Wildman–Crippen MR) is 29.0 cm³/mol. The van der Waals surface area contributed by atoms with Gasteiger partial charge in [0.15, 0.2) is 5.82 Å². The van der Waals surface area contributed by atoms with E-state index in [-0.39, 0.29) is 5.82 Å². The van der Waals surface area contributed by atoms with Crippen LogP contribution in [0.15, 0.2) is 11.3 Å². The molecule has 0 unspecified atom stereocenters. The Hall–Kier alpha value is -1.75. The molecule has 46 valence electrons. The number of nitrogen functional groups attached to an aromatic ring is 1. The molecule has 0 aliphatic carbocycles. The first-order valence-electron chi connectivity index (χ1n) is 2.05. The molecule has 1 heterocycles. The molecule has 0 aromatic carbocycles. The van der Waals surface area contributed by atoms with Crippen molar-refractivity contribution in [2.75, 3.05) is 5.84 Å². The van der Waals surface area contributed by atoms with E-state index in [1.54, 1.807) is 0 Å². The Labute approximate surface area is 49.7 Å². The Kier molecular flexibility index (Phi) is 1.21. The van der Waals surface area contributed by atoms with Gasteiger partial charge in [-0.1, -0.05) is 0 Å². The lowest BCUT2D eigenvalue weighted by Crippen LogP contribution is -2.07. The minimum absolute atomic E-state index is 0.167. The summed E-state index contributed by atoms with van der Waals surface area (Å²) in [6, 6.07) is 0. The number of hydrogen-bond acceptors (Lipinski definition) is 4. The Balaban J connectivity index is 2.97. The maximum Gasteiger partial charge on any atom is 0.171 e. The molecular weight excluding hydrogens is 122 g/mol. The Morgan fingerprint density at radius 2 is 2.67 bits per heavy atom. The molecular formula is C2H3N7. The largest absolute Gasteiger partial charge is 0.322 e. The fourth-order valence-corrected chi connectivity index (χ4v) is 0.359. The van der Waals surface area contributed by atoms with E-state index in [4.69, 9.17) is 11.4 Å². The Morgan fingerprint density at radius 3 is 3.11 bits per heavy atom. The number of azide groups is 1. The van der Waals surface area contributed by atoms with Crippen LogP contribution in [-0.4, -0.2) is 15.1 Å². The van der Waals surface area contributed by atoms with Crippen molar-refractivity contribution in [3.8, 4) is 0 Å². The van der Waals surface area contributed by atoms with Gasteiger partial charge in [0.2, 0.25) is 0 Å². The van der Waals surface area contributed by atoms with Gasteiger partial charge in [-0.05, 0) is 15.9 Å². The normalized spacial score (nSPS) is 8.44. The maximum atomic E-state index is 7.87. The van der Waals surface area contributed by atoms with Gasteiger partial charge in [-0.3, -0.25) is 0 Å². The van der Waals surface area contributed by atoms with E-state index < -0.39 is 0 Å². The van der Waals surface area contributed by atoms with Crippen molar-refractivity contribution >= 4 is 5.82 Å². The summed E-state index contributed by atoms with van der Waals surface area (Å²) in [6.07, 6.45) is 1.31. The van der Waals surface area contributed by atoms with Crippen LogP contribution in [-0.2, 0) is 0 Å². The van der Waals surface area contributed by atoms with Crippen LogP contribution in [0, 0.1) is 0 Å². The second kappa shape index (κ2) is 2.01. The summed E-state index contributed by atoms with van der Waals surface area (Å²) in [6.45, 7) is 0. The molecule has 0 amide bonds. The summed E-state index contributed by atoms with van der Waals surface area (Å²) >= 11 is 0. The lowest BCUT2D eigenvalue weighted by atomic mass is 10.8. The van der Waals surface area contributed by atoms with Crippen molar-refractivity contribution in [3.63, 3.8) is 0 Å². The lowest BCUT2D eigenvalue weighted by molar-refractivity contribution is 0.765. The zero-order valence-corrected chi connectivity index (χ0v) is 4.34. The Bertz CT molecular complexity index is 241. The molecule has 2 N–H and O–H groups in total. The van der Waals surface area contributed by atoms with Crippen LogP contribution in [0.2, 0.25) is 0 Å². The van der Waals surface area contributed by atoms with Crippen molar-refractivity contribution in [2.24, 2.45) is 5.11 Å². The molecule has 0 aliphatic rings. The summed E-state index contributed by atoms with van der Waals surface area (Å²) < 4.78 is 0. The number of hydrogen-bond donors (Lipinski definition) is 1. The highest BCUT2D eigenvalue weighted by Gasteiger charge is 1.90. The highest BCUT2D eigenvalue weighted by Crippen LogP contribution is 2.01. The topological polar surface area (TPSA) is 105 Å². The smallest absolute Gasteiger partial charge is 0.171 e. The van der Waals surface area contributed by atoms with Crippen LogP contribution < -0.4 is 5.84 Å². The molecule has 1 rings (SSSR count). The summed E-state index contributed by atoms with van der Waals surface area (Å²) in [4.78, 5) is 3.44. The highest BCUT2D eigenvalue weighted by molar-refractivity contribution is 5.18. The zero-order valence-electron chi connectivity index (χ0n) is 4.34. The van der Waals surface area contributed by atoms with Crippen molar-refractivity contribution in [3.05, 3.63) is 16.6 Å². The summed E-state index contributed by atoms with van der Waals surface area (Å²) in [5.74, 6) is 5.24. The lowest BCUT2D eigenvalue weighted by Gasteiger charge is -1.76. The first-order valence-corrected chi connectivity index (χ1v) is 2.05. The molecule has 0 saturated carbocycles. The standard InChI is InChI=1S/C2H3N7/c3-7-5-2-1-9(4)8-6-2/h1H,4H2. The minimum Gasteiger partial charge on any atom is -0.322 e. The zero-order chi connectivity index (χ0) is 6.69. The van der Waals surface area contributed by atoms with E-state index in [0.717, 1.165) is 4.79 Å². The van der Waals surface area contributed by atoms with Crippen LogP contribution in [0.3, 0.4) is 0 Å². The monoisotopic (exact) mass is 125 g/mol. The summed E-state index contributed by atoms with van der Waals surface area (Å²) in [5, 5.41) is 9.82. The molecule has 0 bridgehead atoms. The molecule has 0 spiro atoms. The second-order valence-corrected chi connectivity index (χ2v) is 1.25. The fraction of sp³-hybridized carbons (Fsp3) is 0. The van der Waals surface area contributed by atoms with Crippen molar-refractivity contribution in [2.45, 2.75) is 0 Å². The van der Waals surface area contributed by atoms with E-state index >= 15 is 0 Å². The van der Waals surface area contributed by atoms with Crippen LogP contribution in [0.4, 0.5) is 5.82 Å². The SMILES string of the molecule is [N-]=[N+]=Nc1cn(N)nn1. The third-order valence-corrected chi connectivity index (χ3v) is 0.645. The molecule has 0 aliphatic heterocycles. The molecule has 9 heavy (non-hydrogen) atoms. The van der Waals surface area contributed by atoms with Crippen LogP contribution >= 0.6 is 0 Å². The maximum absolute atomic E-state index is 7.87. The third-order valence-electron chi connectivity index (χ3n) is 0.645. The van der Waals surface area contributed by atoms with Crippen molar-refractivity contribution < 1.29 is 0 Å². The third kappa shape index (κ3) is 1.07. The predicted octanol–water partition coefficient (Wildman–Crippen LogP) is -0.0663. The van der Waals surface area contributed by atoms with E-state index in [1.165, 1.54) is 6.20 Å². The molecule has 0 radical (unpaired) electrons. The van der Waals surface area contributed by atoms with Gasteiger partial charge in [0.05, 0.1) is 6.20 Å².